The van der Waals surface area contributed by atoms with Gasteiger partial charge in [-0.1, -0.05) is 36.2 Å². The van der Waals surface area contributed by atoms with E-state index in [1.807, 2.05) is 24.3 Å². The molecular formula is C17H25ClN2O3S. The zero-order valence-electron chi connectivity index (χ0n) is 13.8. The number of hydrogen-bond donors (Lipinski definition) is 1. The summed E-state index contributed by atoms with van der Waals surface area (Å²) >= 11 is 6.08. The Morgan fingerprint density at radius 2 is 1.88 bits per heavy atom. The summed E-state index contributed by atoms with van der Waals surface area (Å²) in [5.41, 5.74) is 1.03. The molecule has 5 nitrogen and oxygen atoms in total. The number of amides is 1. The van der Waals surface area contributed by atoms with Crippen molar-refractivity contribution in [2.24, 2.45) is 0 Å². The fraction of sp³-hybridized carbons (Fsp3) is 0.588. The van der Waals surface area contributed by atoms with Gasteiger partial charge in [0.15, 0.2) is 0 Å². The average molecular weight is 373 g/mol. The minimum Gasteiger partial charge on any atom is -0.355 e. The van der Waals surface area contributed by atoms with Crippen LogP contribution >= 0.6 is 11.6 Å². The number of nitrogens with zero attached hydrogens (tertiary/aromatic N) is 1. The third-order valence-electron chi connectivity index (χ3n) is 4.20. The first-order chi connectivity index (χ1) is 11.5. The van der Waals surface area contributed by atoms with E-state index in [0.29, 0.717) is 31.0 Å². The maximum atomic E-state index is 12.2. The lowest BCUT2D eigenvalue weighted by molar-refractivity contribution is -0.121. The minimum atomic E-state index is -3.25. The summed E-state index contributed by atoms with van der Waals surface area (Å²) in [6, 6.07) is 7.59. The normalized spacial score (nSPS) is 16.0. The molecule has 0 bridgehead atoms. The monoisotopic (exact) mass is 372 g/mol. The molecule has 0 unspecified atom stereocenters. The minimum absolute atomic E-state index is 0.0246. The SMILES string of the molecule is O=C(CCCc1ccccc1Cl)NCCS(=O)(=O)N1CCCCC1. The molecule has 1 N–H and O–H groups in total. The van der Waals surface area contributed by atoms with Crippen LogP contribution in [0.4, 0.5) is 0 Å². The van der Waals surface area contributed by atoms with Gasteiger partial charge in [-0.3, -0.25) is 4.79 Å². The number of halogens is 1. The zero-order chi connectivity index (χ0) is 17.4. The van der Waals surface area contributed by atoms with Gasteiger partial charge in [0, 0.05) is 31.1 Å². The van der Waals surface area contributed by atoms with E-state index in [-0.39, 0.29) is 18.2 Å². The molecule has 0 atom stereocenters. The lowest BCUT2D eigenvalue weighted by Gasteiger charge is -2.25. The number of piperidine rings is 1. The van der Waals surface area contributed by atoms with Crippen LogP contribution in [0.15, 0.2) is 24.3 Å². The molecule has 0 saturated carbocycles. The van der Waals surface area contributed by atoms with Gasteiger partial charge < -0.3 is 5.32 Å². The number of aryl methyl sites for hydroxylation is 1. The van der Waals surface area contributed by atoms with Gasteiger partial charge in [-0.25, -0.2) is 12.7 Å². The van der Waals surface area contributed by atoms with E-state index < -0.39 is 10.0 Å². The molecule has 0 aliphatic carbocycles. The van der Waals surface area contributed by atoms with Crippen molar-refractivity contribution in [1.82, 2.24) is 9.62 Å². The summed E-state index contributed by atoms with van der Waals surface area (Å²) < 4.78 is 25.9. The topological polar surface area (TPSA) is 66.5 Å². The average Bonchev–Trinajstić information content (AvgIpc) is 2.57. The van der Waals surface area contributed by atoms with Gasteiger partial charge in [-0.05, 0) is 37.3 Å². The van der Waals surface area contributed by atoms with Gasteiger partial charge in [0.05, 0.1) is 5.75 Å². The van der Waals surface area contributed by atoms with Crippen LogP contribution in [0.5, 0.6) is 0 Å². The first-order valence-electron chi connectivity index (χ1n) is 8.47. The zero-order valence-corrected chi connectivity index (χ0v) is 15.4. The molecular weight excluding hydrogens is 348 g/mol. The number of hydrogen-bond acceptors (Lipinski definition) is 3. The van der Waals surface area contributed by atoms with Crippen molar-refractivity contribution < 1.29 is 13.2 Å². The van der Waals surface area contributed by atoms with E-state index in [4.69, 9.17) is 11.6 Å². The second-order valence-corrected chi connectivity index (χ2v) is 8.57. The third kappa shape index (κ3) is 6.07. The molecule has 1 aromatic carbocycles. The van der Waals surface area contributed by atoms with Crippen molar-refractivity contribution in [3.05, 3.63) is 34.9 Å². The summed E-state index contributed by atoms with van der Waals surface area (Å²) in [6.07, 6.45) is 4.73. The molecule has 1 aliphatic heterocycles. The molecule has 1 aliphatic rings. The Balaban J connectivity index is 1.65. The molecule has 2 rings (SSSR count). The lowest BCUT2D eigenvalue weighted by atomic mass is 10.1. The molecule has 0 aromatic heterocycles. The van der Waals surface area contributed by atoms with Crippen LogP contribution in [-0.2, 0) is 21.2 Å². The Bertz CT molecular complexity index is 643. The number of carbonyl (C=O) groups excluding carboxylic acids is 1. The van der Waals surface area contributed by atoms with Gasteiger partial charge in [0.25, 0.3) is 0 Å². The van der Waals surface area contributed by atoms with Crippen LogP contribution in [0.25, 0.3) is 0 Å². The Hall–Kier alpha value is -1.11. The highest BCUT2D eigenvalue weighted by atomic mass is 35.5. The second kappa shape index (κ2) is 9.39. The molecule has 0 radical (unpaired) electrons. The van der Waals surface area contributed by atoms with Gasteiger partial charge in [0.2, 0.25) is 15.9 Å². The first-order valence-corrected chi connectivity index (χ1v) is 10.5. The van der Waals surface area contributed by atoms with E-state index in [2.05, 4.69) is 5.32 Å². The smallest absolute Gasteiger partial charge is 0.220 e. The van der Waals surface area contributed by atoms with Crippen molar-refractivity contribution >= 4 is 27.5 Å². The van der Waals surface area contributed by atoms with Crippen LogP contribution in [-0.4, -0.2) is 44.0 Å². The molecule has 24 heavy (non-hydrogen) atoms. The Labute approximate surface area is 149 Å². The van der Waals surface area contributed by atoms with E-state index in [9.17, 15) is 13.2 Å². The predicted octanol–water partition coefficient (Wildman–Crippen LogP) is 2.59. The highest BCUT2D eigenvalue weighted by Crippen LogP contribution is 2.17. The lowest BCUT2D eigenvalue weighted by Crippen LogP contribution is -2.40. The summed E-state index contributed by atoms with van der Waals surface area (Å²) in [6.45, 7) is 1.38. The summed E-state index contributed by atoms with van der Waals surface area (Å²) in [5.74, 6) is -0.139. The van der Waals surface area contributed by atoms with E-state index >= 15 is 0 Å². The molecule has 7 heteroatoms. The molecule has 1 fully saturated rings. The number of nitrogens with one attached hydrogen (secondary N) is 1. The largest absolute Gasteiger partial charge is 0.355 e. The van der Waals surface area contributed by atoms with Crippen molar-refractivity contribution in [3.8, 4) is 0 Å². The number of sulfonamides is 1. The standard InChI is InChI=1S/C17H25ClN2O3S/c18-16-9-3-2-7-15(16)8-6-10-17(21)19-11-14-24(22,23)20-12-4-1-5-13-20/h2-3,7,9H,1,4-6,8,10-14H2,(H,19,21). The fourth-order valence-electron chi connectivity index (χ4n) is 2.82. The molecule has 1 heterocycles. The highest BCUT2D eigenvalue weighted by molar-refractivity contribution is 7.89. The van der Waals surface area contributed by atoms with Gasteiger partial charge in [-0.15, -0.1) is 0 Å². The third-order valence-corrected chi connectivity index (χ3v) is 6.44. The van der Waals surface area contributed by atoms with Gasteiger partial charge in [0.1, 0.15) is 0 Å². The molecule has 1 aromatic rings. The Morgan fingerprint density at radius 1 is 1.17 bits per heavy atom. The van der Waals surface area contributed by atoms with Crippen molar-refractivity contribution in [2.45, 2.75) is 38.5 Å². The van der Waals surface area contributed by atoms with Crippen molar-refractivity contribution in [2.75, 3.05) is 25.4 Å². The Kier molecular flexibility index (Phi) is 7.52. The molecule has 1 amide bonds. The van der Waals surface area contributed by atoms with E-state index in [1.165, 1.54) is 0 Å². The highest BCUT2D eigenvalue weighted by Gasteiger charge is 2.23. The number of carbonyl (C=O) groups is 1. The summed E-state index contributed by atoms with van der Waals surface area (Å²) in [4.78, 5) is 11.8. The van der Waals surface area contributed by atoms with Crippen LogP contribution in [0, 0.1) is 0 Å². The molecule has 134 valence electrons. The van der Waals surface area contributed by atoms with Crippen LogP contribution in [0.1, 0.15) is 37.7 Å². The number of rotatable bonds is 8. The van der Waals surface area contributed by atoms with E-state index in [1.54, 1.807) is 4.31 Å². The van der Waals surface area contributed by atoms with E-state index in [0.717, 1.165) is 31.2 Å². The fourth-order valence-corrected chi connectivity index (χ4v) is 4.48. The van der Waals surface area contributed by atoms with Gasteiger partial charge >= 0.3 is 0 Å². The van der Waals surface area contributed by atoms with Crippen LogP contribution in [0.3, 0.4) is 0 Å². The summed E-state index contributed by atoms with van der Waals surface area (Å²) in [5, 5.41) is 3.41. The van der Waals surface area contributed by atoms with Crippen LogP contribution < -0.4 is 5.32 Å². The number of benzene rings is 1. The summed E-state index contributed by atoms with van der Waals surface area (Å²) in [7, 11) is -3.25. The van der Waals surface area contributed by atoms with Crippen LogP contribution in [0.2, 0.25) is 5.02 Å². The van der Waals surface area contributed by atoms with Gasteiger partial charge in [-0.2, -0.15) is 0 Å². The maximum Gasteiger partial charge on any atom is 0.220 e. The van der Waals surface area contributed by atoms with Crippen molar-refractivity contribution in [1.29, 1.82) is 0 Å². The van der Waals surface area contributed by atoms with Crippen molar-refractivity contribution in [3.63, 3.8) is 0 Å². The molecule has 1 saturated heterocycles. The predicted molar refractivity (Wildman–Crippen MR) is 96.6 cm³/mol. The molecule has 0 spiro atoms. The first kappa shape index (κ1) is 19.2. The second-order valence-electron chi connectivity index (χ2n) is 6.07. The Morgan fingerprint density at radius 3 is 2.58 bits per heavy atom. The maximum absolute atomic E-state index is 12.2. The quantitative estimate of drug-likeness (QED) is 0.762.